The van der Waals surface area contributed by atoms with E-state index in [1.54, 1.807) is 12.1 Å². The van der Waals surface area contributed by atoms with Crippen LogP contribution < -0.4 is 5.32 Å². The number of benzene rings is 1. The quantitative estimate of drug-likeness (QED) is 0.840. The van der Waals surface area contributed by atoms with E-state index in [2.05, 4.69) is 5.32 Å². The van der Waals surface area contributed by atoms with Crippen LogP contribution in [0.4, 0.5) is 5.69 Å². The molecular formula is C14H17NO2. The van der Waals surface area contributed by atoms with Gasteiger partial charge in [0.15, 0.2) is 0 Å². The molecule has 1 aromatic rings. The highest BCUT2D eigenvalue weighted by atomic mass is 16.4. The van der Waals surface area contributed by atoms with Gasteiger partial charge in [-0.05, 0) is 43.2 Å². The van der Waals surface area contributed by atoms with Gasteiger partial charge in [-0.2, -0.15) is 0 Å². The van der Waals surface area contributed by atoms with Crippen molar-refractivity contribution in [2.45, 2.75) is 31.7 Å². The number of rotatable bonds is 3. The SMILES string of the molecule is O=C(O)c1ccccc1NC1CC2CCC1C2. The zero-order valence-electron chi connectivity index (χ0n) is 9.73. The summed E-state index contributed by atoms with van der Waals surface area (Å²) in [5.74, 6) is 0.771. The van der Waals surface area contributed by atoms with E-state index < -0.39 is 5.97 Å². The number of carboxylic acids is 1. The molecule has 2 aliphatic carbocycles. The maximum absolute atomic E-state index is 11.1. The van der Waals surface area contributed by atoms with Crippen molar-refractivity contribution in [1.29, 1.82) is 0 Å². The lowest BCUT2D eigenvalue weighted by molar-refractivity contribution is 0.0698. The van der Waals surface area contributed by atoms with Crippen molar-refractivity contribution in [2.24, 2.45) is 11.8 Å². The van der Waals surface area contributed by atoms with Gasteiger partial charge in [0.25, 0.3) is 0 Å². The molecule has 1 aromatic carbocycles. The van der Waals surface area contributed by atoms with Crippen molar-refractivity contribution in [3.63, 3.8) is 0 Å². The average molecular weight is 231 g/mol. The second kappa shape index (κ2) is 4.06. The third-order valence-corrected chi connectivity index (χ3v) is 4.24. The van der Waals surface area contributed by atoms with Gasteiger partial charge in [-0.1, -0.05) is 18.6 Å². The molecule has 90 valence electrons. The molecule has 3 nitrogen and oxygen atoms in total. The van der Waals surface area contributed by atoms with Crippen LogP contribution in [0.15, 0.2) is 24.3 Å². The smallest absolute Gasteiger partial charge is 0.337 e. The van der Waals surface area contributed by atoms with Crippen molar-refractivity contribution in [3.8, 4) is 0 Å². The molecule has 0 radical (unpaired) electrons. The highest BCUT2D eigenvalue weighted by Gasteiger charge is 2.39. The summed E-state index contributed by atoms with van der Waals surface area (Å²) < 4.78 is 0. The summed E-state index contributed by atoms with van der Waals surface area (Å²) in [4.78, 5) is 11.1. The molecule has 2 N–H and O–H groups in total. The molecule has 0 spiro atoms. The van der Waals surface area contributed by atoms with E-state index in [0.29, 0.717) is 11.6 Å². The first kappa shape index (κ1) is 10.6. The number of hydrogen-bond donors (Lipinski definition) is 2. The minimum absolute atomic E-state index is 0.385. The Morgan fingerprint density at radius 1 is 1.24 bits per heavy atom. The highest BCUT2D eigenvalue weighted by Crippen LogP contribution is 2.45. The van der Waals surface area contributed by atoms with Gasteiger partial charge in [0.2, 0.25) is 0 Å². The van der Waals surface area contributed by atoms with Crippen LogP contribution in [0.3, 0.4) is 0 Å². The normalized spacial score (nSPS) is 30.5. The zero-order chi connectivity index (χ0) is 11.8. The first-order chi connectivity index (χ1) is 8.24. The van der Waals surface area contributed by atoms with E-state index in [4.69, 9.17) is 5.11 Å². The average Bonchev–Trinajstić information content (AvgIpc) is 2.91. The molecular weight excluding hydrogens is 214 g/mol. The van der Waals surface area contributed by atoms with Crippen LogP contribution in [0, 0.1) is 11.8 Å². The van der Waals surface area contributed by atoms with Crippen LogP contribution in [0.5, 0.6) is 0 Å². The summed E-state index contributed by atoms with van der Waals surface area (Å²) in [6.45, 7) is 0. The second-order valence-electron chi connectivity index (χ2n) is 5.28. The first-order valence-electron chi connectivity index (χ1n) is 6.33. The maximum atomic E-state index is 11.1. The van der Waals surface area contributed by atoms with Gasteiger partial charge >= 0.3 is 5.97 Å². The Bertz CT molecular complexity index is 444. The molecule has 2 saturated carbocycles. The lowest BCUT2D eigenvalue weighted by Crippen LogP contribution is -2.26. The largest absolute Gasteiger partial charge is 0.478 e. The highest BCUT2D eigenvalue weighted by molar-refractivity contribution is 5.94. The van der Waals surface area contributed by atoms with Crippen molar-refractivity contribution < 1.29 is 9.90 Å². The van der Waals surface area contributed by atoms with Crippen molar-refractivity contribution in [2.75, 3.05) is 5.32 Å². The number of nitrogens with one attached hydrogen (secondary N) is 1. The van der Waals surface area contributed by atoms with Crippen LogP contribution in [0.25, 0.3) is 0 Å². The van der Waals surface area contributed by atoms with E-state index in [1.165, 1.54) is 25.7 Å². The molecule has 3 heteroatoms. The van der Waals surface area contributed by atoms with E-state index in [1.807, 2.05) is 12.1 Å². The lowest BCUT2D eigenvalue weighted by atomic mass is 9.95. The molecule has 0 saturated heterocycles. The number of fused-ring (bicyclic) bond motifs is 2. The van der Waals surface area contributed by atoms with Gasteiger partial charge in [-0.3, -0.25) is 0 Å². The van der Waals surface area contributed by atoms with E-state index in [9.17, 15) is 4.79 Å². The van der Waals surface area contributed by atoms with Crippen molar-refractivity contribution in [3.05, 3.63) is 29.8 Å². The molecule has 0 aromatic heterocycles. The summed E-state index contributed by atoms with van der Waals surface area (Å²) in [5.41, 5.74) is 1.16. The molecule has 2 bridgehead atoms. The van der Waals surface area contributed by atoms with Gasteiger partial charge < -0.3 is 10.4 Å². The zero-order valence-corrected chi connectivity index (χ0v) is 9.73. The van der Waals surface area contributed by atoms with Gasteiger partial charge in [0.05, 0.1) is 5.56 Å². The minimum atomic E-state index is -0.851. The topological polar surface area (TPSA) is 49.3 Å². The second-order valence-corrected chi connectivity index (χ2v) is 5.28. The summed E-state index contributed by atoms with van der Waals surface area (Å²) in [6, 6.07) is 7.68. The fourth-order valence-corrected chi connectivity index (χ4v) is 3.42. The minimum Gasteiger partial charge on any atom is -0.478 e. The number of hydrogen-bond acceptors (Lipinski definition) is 2. The summed E-state index contributed by atoms with van der Waals surface area (Å²) in [5, 5.41) is 12.6. The van der Waals surface area contributed by atoms with E-state index in [-0.39, 0.29) is 0 Å². The Morgan fingerprint density at radius 2 is 2.06 bits per heavy atom. The van der Waals surface area contributed by atoms with Crippen molar-refractivity contribution in [1.82, 2.24) is 0 Å². The predicted octanol–water partition coefficient (Wildman–Crippen LogP) is 2.99. The van der Waals surface area contributed by atoms with E-state index >= 15 is 0 Å². The molecule has 17 heavy (non-hydrogen) atoms. The molecule has 0 aliphatic heterocycles. The third kappa shape index (κ3) is 1.90. The van der Waals surface area contributed by atoms with Gasteiger partial charge in [0.1, 0.15) is 0 Å². The molecule has 0 amide bonds. The first-order valence-corrected chi connectivity index (χ1v) is 6.33. The Labute approximate surface area is 101 Å². The van der Waals surface area contributed by atoms with Gasteiger partial charge in [0, 0.05) is 11.7 Å². The van der Waals surface area contributed by atoms with Gasteiger partial charge in [-0.25, -0.2) is 4.79 Å². The number of anilines is 1. The maximum Gasteiger partial charge on any atom is 0.337 e. The van der Waals surface area contributed by atoms with Crippen LogP contribution in [-0.2, 0) is 0 Å². The van der Waals surface area contributed by atoms with Crippen LogP contribution in [0.2, 0.25) is 0 Å². The molecule has 2 fully saturated rings. The Morgan fingerprint density at radius 3 is 2.71 bits per heavy atom. The standard InChI is InChI=1S/C14H17NO2/c16-14(17)11-3-1-2-4-12(11)15-13-8-9-5-6-10(13)7-9/h1-4,9-10,13,15H,5-8H2,(H,16,17). The van der Waals surface area contributed by atoms with Crippen LogP contribution in [0.1, 0.15) is 36.0 Å². The fourth-order valence-electron chi connectivity index (χ4n) is 3.42. The molecule has 3 atom stereocenters. The van der Waals surface area contributed by atoms with E-state index in [0.717, 1.165) is 17.5 Å². The molecule has 3 rings (SSSR count). The van der Waals surface area contributed by atoms with Crippen LogP contribution >= 0.6 is 0 Å². The molecule has 0 heterocycles. The predicted molar refractivity (Wildman–Crippen MR) is 66.3 cm³/mol. The third-order valence-electron chi connectivity index (χ3n) is 4.24. The Kier molecular flexibility index (Phi) is 2.54. The Hall–Kier alpha value is -1.51. The number of carbonyl (C=O) groups is 1. The summed E-state index contributed by atoms with van der Waals surface area (Å²) >= 11 is 0. The molecule has 2 aliphatic rings. The number of aromatic carboxylic acids is 1. The Balaban J connectivity index is 1.79. The van der Waals surface area contributed by atoms with Gasteiger partial charge in [-0.15, -0.1) is 0 Å². The van der Waals surface area contributed by atoms with Crippen molar-refractivity contribution >= 4 is 11.7 Å². The monoisotopic (exact) mass is 231 g/mol. The number of para-hydroxylation sites is 1. The summed E-state index contributed by atoms with van der Waals surface area (Å²) in [6.07, 6.45) is 5.20. The number of carboxylic acid groups (broad SMARTS) is 1. The summed E-state index contributed by atoms with van der Waals surface area (Å²) in [7, 11) is 0. The molecule has 3 unspecified atom stereocenters. The lowest BCUT2D eigenvalue weighted by Gasteiger charge is -2.24. The van der Waals surface area contributed by atoms with Crippen LogP contribution in [-0.4, -0.2) is 17.1 Å². The fraction of sp³-hybridized carbons (Fsp3) is 0.500.